The number of aliphatic hydroxyl groups excluding tert-OH is 1. The fourth-order valence-corrected chi connectivity index (χ4v) is 5.11. The van der Waals surface area contributed by atoms with Crippen LogP contribution in [0, 0.1) is 11.7 Å². The number of halogens is 1. The van der Waals surface area contributed by atoms with Crippen molar-refractivity contribution in [1.29, 1.82) is 0 Å². The smallest absolute Gasteiger partial charge is 0.245 e. The Balaban J connectivity index is 1.87. The fourth-order valence-electron chi connectivity index (χ4n) is 3.87. The number of ether oxygens (including phenoxy) is 1. The van der Waals surface area contributed by atoms with Crippen LogP contribution in [0.15, 0.2) is 35.4 Å². The predicted octanol–water partition coefficient (Wildman–Crippen LogP) is 1.26. The van der Waals surface area contributed by atoms with Gasteiger partial charge in [0.25, 0.3) is 0 Å². The van der Waals surface area contributed by atoms with Crippen LogP contribution in [0.5, 0.6) is 0 Å². The van der Waals surface area contributed by atoms with Gasteiger partial charge in [-0.25, -0.2) is 12.8 Å². The Bertz CT molecular complexity index is 1080. The summed E-state index contributed by atoms with van der Waals surface area (Å²) in [7, 11) is -2.74. The van der Waals surface area contributed by atoms with Gasteiger partial charge in [-0.3, -0.25) is 9.48 Å². The van der Waals surface area contributed by atoms with Gasteiger partial charge in [0, 0.05) is 39.0 Å². The average molecular weight is 498 g/mol. The maximum absolute atomic E-state index is 14.2. The molecule has 0 saturated carbocycles. The summed E-state index contributed by atoms with van der Waals surface area (Å²) in [6.45, 7) is 4.24. The van der Waals surface area contributed by atoms with Gasteiger partial charge in [-0.2, -0.15) is 4.31 Å². The molecule has 1 aliphatic rings. The van der Waals surface area contributed by atoms with E-state index < -0.39 is 32.9 Å². The SMILES string of the molecule is C[C@H](CO)N1C[C@H](C)[C@@H](CN(C)S(=O)(=O)c2ccccc2F)OCc2cn(nn2)CCCC1=O. The molecule has 34 heavy (non-hydrogen) atoms. The lowest BCUT2D eigenvalue weighted by Crippen LogP contribution is -2.47. The van der Waals surface area contributed by atoms with Crippen LogP contribution in [0.25, 0.3) is 0 Å². The molecule has 3 rings (SSSR count). The highest BCUT2D eigenvalue weighted by Crippen LogP contribution is 2.22. The molecule has 188 valence electrons. The Morgan fingerprint density at radius 3 is 2.79 bits per heavy atom. The molecule has 0 unspecified atom stereocenters. The van der Waals surface area contributed by atoms with Gasteiger partial charge < -0.3 is 14.7 Å². The van der Waals surface area contributed by atoms with Gasteiger partial charge in [0.15, 0.2) is 0 Å². The van der Waals surface area contributed by atoms with Crippen LogP contribution < -0.4 is 0 Å². The van der Waals surface area contributed by atoms with E-state index in [4.69, 9.17) is 4.74 Å². The van der Waals surface area contributed by atoms with Gasteiger partial charge in [-0.05, 0) is 25.5 Å². The molecule has 10 nitrogen and oxygen atoms in total. The number of rotatable bonds is 6. The number of fused-ring (bicyclic) bond motifs is 2. The Morgan fingerprint density at radius 1 is 1.35 bits per heavy atom. The van der Waals surface area contributed by atoms with Crippen LogP contribution >= 0.6 is 0 Å². The summed E-state index contributed by atoms with van der Waals surface area (Å²) >= 11 is 0. The Labute approximate surface area is 199 Å². The number of nitrogens with zero attached hydrogens (tertiary/aromatic N) is 5. The van der Waals surface area contributed by atoms with Crippen molar-refractivity contribution in [1.82, 2.24) is 24.2 Å². The van der Waals surface area contributed by atoms with Crippen LogP contribution in [-0.2, 0) is 32.7 Å². The molecule has 0 spiro atoms. The summed E-state index contributed by atoms with van der Waals surface area (Å²) in [5.41, 5.74) is 0.586. The molecule has 3 atom stereocenters. The zero-order valence-electron chi connectivity index (χ0n) is 19.7. The van der Waals surface area contributed by atoms with E-state index in [1.807, 2.05) is 6.92 Å². The molecule has 2 heterocycles. The minimum Gasteiger partial charge on any atom is -0.394 e. The number of amides is 1. The highest BCUT2D eigenvalue weighted by Gasteiger charge is 2.32. The third-order valence-corrected chi connectivity index (χ3v) is 7.86. The van der Waals surface area contributed by atoms with E-state index in [-0.39, 0.29) is 44.5 Å². The van der Waals surface area contributed by atoms with Crippen molar-refractivity contribution in [3.8, 4) is 0 Å². The zero-order valence-corrected chi connectivity index (χ0v) is 20.5. The van der Waals surface area contributed by atoms with Crippen molar-refractivity contribution in [3.63, 3.8) is 0 Å². The number of aromatic nitrogens is 3. The normalized spacial score (nSPS) is 21.6. The number of sulfonamides is 1. The number of benzene rings is 1. The summed E-state index contributed by atoms with van der Waals surface area (Å²) in [5, 5.41) is 17.8. The largest absolute Gasteiger partial charge is 0.394 e. The lowest BCUT2D eigenvalue weighted by atomic mass is 10.0. The van der Waals surface area contributed by atoms with E-state index in [0.717, 1.165) is 10.4 Å². The van der Waals surface area contributed by atoms with Gasteiger partial charge in [0.1, 0.15) is 16.4 Å². The third-order valence-electron chi connectivity index (χ3n) is 6.01. The lowest BCUT2D eigenvalue weighted by molar-refractivity contribution is -0.136. The summed E-state index contributed by atoms with van der Waals surface area (Å²) in [5.74, 6) is -1.24. The molecular weight excluding hydrogens is 465 g/mol. The van der Waals surface area contributed by atoms with Crippen molar-refractivity contribution >= 4 is 15.9 Å². The standard InChI is InChI=1S/C22H32FN5O5S/c1-16-11-28(17(2)14-29)22(30)9-6-10-27-12-18(24-25-27)15-33-20(16)13-26(3)34(31,32)21-8-5-4-7-19(21)23/h4-5,7-8,12,16-17,20,29H,6,9-11,13-15H2,1-3H3/t16-,17+,20+/m0/s1. The van der Waals surface area contributed by atoms with Gasteiger partial charge in [-0.1, -0.05) is 24.3 Å². The first-order valence-corrected chi connectivity index (χ1v) is 12.7. The first kappa shape index (κ1) is 26.2. The highest BCUT2D eigenvalue weighted by molar-refractivity contribution is 7.89. The van der Waals surface area contributed by atoms with Crippen molar-refractivity contribution in [2.24, 2.45) is 5.92 Å². The second-order valence-electron chi connectivity index (χ2n) is 8.70. The summed E-state index contributed by atoms with van der Waals surface area (Å²) in [4.78, 5) is 14.1. The minimum atomic E-state index is -4.11. The lowest BCUT2D eigenvalue weighted by Gasteiger charge is -2.35. The Hall–Kier alpha value is -2.41. The number of hydrogen-bond donors (Lipinski definition) is 1. The van der Waals surface area contributed by atoms with Crippen LogP contribution in [-0.4, -0.2) is 82.5 Å². The van der Waals surface area contributed by atoms with Gasteiger partial charge in [-0.15, -0.1) is 5.10 Å². The molecule has 0 radical (unpaired) electrons. The van der Waals surface area contributed by atoms with E-state index in [0.29, 0.717) is 18.7 Å². The molecule has 1 N–H and O–H groups in total. The molecule has 0 fully saturated rings. The van der Waals surface area contributed by atoms with Crippen molar-refractivity contribution in [2.75, 3.05) is 26.7 Å². The number of hydrogen-bond acceptors (Lipinski definition) is 7. The number of carbonyl (C=O) groups excluding carboxylic acids is 1. The third kappa shape index (κ3) is 6.17. The number of aryl methyl sites for hydroxylation is 1. The molecule has 12 heteroatoms. The van der Waals surface area contributed by atoms with Crippen molar-refractivity contribution < 1.29 is 27.4 Å². The second kappa shape index (κ2) is 11.3. The van der Waals surface area contributed by atoms with Crippen LogP contribution in [0.2, 0.25) is 0 Å². The molecule has 1 aliphatic heterocycles. The average Bonchev–Trinajstić information content (AvgIpc) is 3.26. The Kier molecular flexibility index (Phi) is 8.74. The predicted molar refractivity (Wildman–Crippen MR) is 121 cm³/mol. The Morgan fingerprint density at radius 2 is 2.09 bits per heavy atom. The molecule has 0 aliphatic carbocycles. The minimum absolute atomic E-state index is 0.0679. The van der Waals surface area contributed by atoms with E-state index in [1.54, 1.807) is 22.7 Å². The van der Waals surface area contributed by atoms with Gasteiger partial charge in [0.05, 0.1) is 31.6 Å². The van der Waals surface area contributed by atoms with Crippen molar-refractivity contribution in [2.45, 2.75) is 56.9 Å². The second-order valence-corrected chi connectivity index (χ2v) is 10.7. The van der Waals surface area contributed by atoms with E-state index in [1.165, 1.54) is 25.2 Å². The number of aliphatic hydroxyl groups is 1. The summed E-state index contributed by atoms with van der Waals surface area (Å²) in [6, 6.07) is 4.80. The van der Waals surface area contributed by atoms with E-state index >= 15 is 0 Å². The summed E-state index contributed by atoms with van der Waals surface area (Å²) < 4.78 is 49.1. The molecule has 2 aromatic rings. The van der Waals surface area contributed by atoms with Gasteiger partial charge >= 0.3 is 0 Å². The van der Waals surface area contributed by atoms with E-state index in [2.05, 4.69) is 10.3 Å². The maximum atomic E-state index is 14.2. The zero-order chi connectivity index (χ0) is 24.9. The van der Waals surface area contributed by atoms with Crippen LogP contribution in [0.4, 0.5) is 4.39 Å². The first-order valence-electron chi connectivity index (χ1n) is 11.2. The monoisotopic (exact) mass is 497 g/mol. The molecule has 2 bridgehead atoms. The van der Waals surface area contributed by atoms with Crippen molar-refractivity contribution in [3.05, 3.63) is 42.0 Å². The maximum Gasteiger partial charge on any atom is 0.245 e. The molecule has 1 aromatic carbocycles. The fraction of sp³-hybridized carbons (Fsp3) is 0.591. The van der Waals surface area contributed by atoms with Crippen LogP contribution in [0.3, 0.4) is 0 Å². The quantitative estimate of drug-likeness (QED) is 0.638. The summed E-state index contributed by atoms with van der Waals surface area (Å²) in [6.07, 6.45) is 1.94. The molecule has 1 aromatic heterocycles. The number of carbonyl (C=O) groups is 1. The first-order chi connectivity index (χ1) is 16.1. The van der Waals surface area contributed by atoms with E-state index in [9.17, 15) is 22.7 Å². The molecule has 1 amide bonds. The highest BCUT2D eigenvalue weighted by atomic mass is 32.2. The van der Waals surface area contributed by atoms with Gasteiger partial charge in [0.2, 0.25) is 15.9 Å². The topological polar surface area (TPSA) is 118 Å². The number of likely N-dealkylation sites (N-methyl/N-ethyl adjacent to an activating group) is 1. The molecule has 0 saturated heterocycles. The van der Waals surface area contributed by atoms with Crippen LogP contribution in [0.1, 0.15) is 32.4 Å². The molecular formula is C22H32FN5O5S.